The van der Waals surface area contributed by atoms with Crippen molar-refractivity contribution < 1.29 is 17.9 Å². The first-order valence-electron chi connectivity index (χ1n) is 10.1. The molecule has 0 spiro atoms. The maximum atomic E-state index is 13.1. The highest BCUT2D eigenvalue weighted by Gasteiger charge is 2.24. The molecule has 0 saturated carbocycles. The van der Waals surface area contributed by atoms with Gasteiger partial charge < -0.3 is 10.1 Å². The lowest BCUT2D eigenvalue weighted by atomic mass is 10.2. The van der Waals surface area contributed by atoms with Crippen LogP contribution in [0.5, 0.6) is 0 Å². The Morgan fingerprint density at radius 1 is 1.06 bits per heavy atom. The maximum absolute atomic E-state index is 13.1. The largest absolute Gasteiger partial charge is 0.456 e. The van der Waals surface area contributed by atoms with Crippen LogP contribution in [-0.2, 0) is 21.4 Å². The van der Waals surface area contributed by atoms with Gasteiger partial charge >= 0.3 is 5.97 Å². The van der Waals surface area contributed by atoms with Gasteiger partial charge in [0.15, 0.2) is 5.13 Å². The number of ether oxygens (including phenoxy) is 1. The smallest absolute Gasteiger partial charge is 0.340 e. The van der Waals surface area contributed by atoms with Gasteiger partial charge in [-0.05, 0) is 42.5 Å². The van der Waals surface area contributed by atoms with Crippen LogP contribution in [0.2, 0.25) is 5.02 Å². The van der Waals surface area contributed by atoms with E-state index in [1.54, 1.807) is 35.7 Å². The number of hydrogen-bond donors (Lipinski definition) is 1. The van der Waals surface area contributed by atoms with Crippen molar-refractivity contribution in [2.75, 3.05) is 16.7 Å². The number of sulfonamides is 1. The van der Waals surface area contributed by atoms with Crippen molar-refractivity contribution in [2.24, 2.45) is 0 Å². The topological polar surface area (TPSA) is 88.6 Å². The van der Waals surface area contributed by atoms with E-state index >= 15 is 0 Å². The highest BCUT2D eigenvalue weighted by atomic mass is 35.5. The van der Waals surface area contributed by atoms with Gasteiger partial charge in [0.25, 0.3) is 10.0 Å². The summed E-state index contributed by atoms with van der Waals surface area (Å²) in [5.41, 5.74) is 1.90. The molecule has 34 heavy (non-hydrogen) atoms. The molecule has 0 amide bonds. The second kappa shape index (κ2) is 10.3. The standard InChI is InChI=1S/C24H20ClN3O4S2/c1-28(19-10-6-3-7-11-19)34(30,31)20-12-13-22(25)21(14-20)23(29)32-15-18-16-33-24(27-18)26-17-8-4-2-5-9-17/h2-14,16H,15H2,1H3,(H,26,27). The van der Waals surface area contributed by atoms with Crippen molar-refractivity contribution in [1.29, 1.82) is 0 Å². The minimum Gasteiger partial charge on any atom is -0.456 e. The fourth-order valence-electron chi connectivity index (χ4n) is 3.05. The molecule has 174 valence electrons. The summed E-state index contributed by atoms with van der Waals surface area (Å²) in [5.74, 6) is -0.741. The number of para-hydroxylation sites is 2. The molecule has 4 aromatic rings. The van der Waals surface area contributed by atoms with Crippen molar-refractivity contribution in [3.63, 3.8) is 0 Å². The first-order valence-corrected chi connectivity index (χ1v) is 12.8. The Morgan fingerprint density at radius 2 is 1.74 bits per heavy atom. The van der Waals surface area contributed by atoms with Gasteiger partial charge in [-0.3, -0.25) is 4.31 Å². The van der Waals surface area contributed by atoms with Crippen molar-refractivity contribution in [3.05, 3.63) is 101 Å². The Morgan fingerprint density at radius 3 is 2.44 bits per heavy atom. The van der Waals surface area contributed by atoms with Crippen molar-refractivity contribution >= 4 is 55.4 Å². The predicted molar refractivity (Wildman–Crippen MR) is 134 cm³/mol. The molecular weight excluding hydrogens is 494 g/mol. The van der Waals surface area contributed by atoms with Crippen LogP contribution in [0.15, 0.2) is 89.1 Å². The van der Waals surface area contributed by atoms with E-state index in [-0.39, 0.29) is 22.1 Å². The van der Waals surface area contributed by atoms with Gasteiger partial charge in [-0.1, -0.05) is 48.0 Å². The van der Waals surface area contributed by atoms with Crippen LogP contribution >= 0.6 is 22.9 Å². The zero-order chi connectivity index (χ0) is 24.1. The van der Waals surface area contributed by atoms with E-state index in [4.69, 9.17) is 16.3 Å². The normalized spacial score (nSPS) is 11.1. The van der Waals surface area contributed by atoms with E-state index < -0.39 is 16.0 Å². The summed E-state index contributed by atoms with van der Waals surface area (Å²) in [5, 5.41) is 5.70. The molecule has 0 bridgehead atoms. The van der Waals surface area contributed by atoms with Crippen molar-refractivity contribution in [1.82, 2.24) is 4.98 Å². The number of benzene rings is 3. The van der Waals surface area contributed by atoms with E-state index in [2.05, 4.69) is 10.3 Å². The summed E-state index contributed by atoms with van der Waals surface area (Å²) in [6, 6.07) is 22.2. The first kappa shape index (κ1) is 23.7. The second-order valence-corrected chi connectivity index (χ2v) is 10.4. The van der Waals surface area contributed by atoms with Gasteiger partial charge in [0.05, 0.1) is 26.9 Å². The average Bonchev–Trinajstić information content (AvgIpc) is 3.30. The summed E-state index contributed by atoms with van der Waals surface area (Å²) in [4.78, 5) is 17.0. The number of hydrogen-bond acceptors (Lipinski definition) is 7. The molecule has 0 aliphatic heterocycles. The lowest BCUT2D eigenvalue weighted by molar-refractivity contribution is 0.0468. The van der Waals surface area contributed by atoms with E-state index in [9.17, 15) is 13.2 Å². The maximum Gasteiger partial charge on any atom is 0.340 e. The second-order valence-electron chi connectivity index (χ2n) is 7.16. The Kier molecular flexibility index (Phi) is 7.16. The fourth-order valence-corrected chi connectivity index (χ4v) is 5.18. The average molecular weight is 514 g/mol. The highest BCUT2D eigenvalue weighted by molar-refractivity contribution is 7.92. The summed E-state index contributed by atoms with van der Waals surface area (Å²) in [7, 11) is -2.47. The van der Waals surface area contributed by atoms with Gasteiger partial charge in [-0.25, -0.2) is 18.2 Å². The van der Waals surface area contributed by atoms with Gasteiger partial charge in [0.2, 0.25) is 0 Å². The Balaban J connectivity index is 1.46. The van der Waals surface area contributed by atoms with E-state index in [1.165, 1.54) is 36.6 Å². The molecule has 7 nitrogen and oxygen atoms in total. The molecule has 0 aliphatic carbocycles. The molecule has 1 heterocycles. The van der Waals surface area contributed by atoms with E-state index in [0.717, 1.165) is 9.99 Å². The fraction of sp³-hybridized carbons (Fsp3) is 0.0833. The van der Waals surface area contributed by atoms with Crippen molar-refractivity contribution in [3.8, 4) is 0 Å². The summed E-state index contributed by atoms with van der Waals surface area (Å²) in [6.07, 6.45) is 0. The quantitative estimate of drug-likeness (QED) is 0.303. The molecule has 3 aromatic carbocycles. The molecule has 0 aliphatic rings. The van der Waals surface area contributed by atoms with E-state index in [0.29, 0.717) is 16.5 Å². The number of anilines is 3. The van der Waals surface area contributed by atoms with Crippen LogP contribution in [0.4, 0.5) is 16.5 Å². The lowest BCUT2D eigenvalue weighted by Crippen LogP contribution is -2.26. The zero-order valence-corrected chi connectivity index (χ0v) is 20.4. The Bertz CT molecular complexity index is 1390. The number of rotatable bonds is 8. The molecule has 1 N–H and O–H groups in total. The molecule has 1 aromatic heterocycles. The van der Waals surface area contributed by atoms with Gasteiger partial charge in [-0.15, -0.1) is 11.3 Å². The SMILES string of the molecule is CN(c1ccccc1)S(=O)(=O)c1ccc(Cl)c(C(=O)OCc2csc(Nc3ccccc3)n2)c1. The molecule has 10 heteroatoms. The third kappa shape index (κ3) is 5.39. The van der Waals surface area contributed by atoms with Gasteiger partial charge in [-0.2, -0.15) is 0 Å². The Labute approximate surface area is 206 Å². The van der Waals surface area contributed by atoms with Crippen molar-refractivity contribution in [2.45, 2.75) is 11.5 Å². The minimum absolute atomic E-state index is 0.0398. The molecule has 4 rings (SSSR count). The van der Waals surface area contributed by atoms with Gasteiger partial charge in [0.1, 0.15) is 6.61 Å². The van der Waals surface area contributed by atoms with Crippen LogP contribution in [0, 0.1) is 0 Å². The molecule has 0 atom stereocenters. The third-order valence-electron chi connectivity index (χ3n) is 4.86. The van der Waals surface area contributed by atoms with Crippen LogP contribution < -0.4 is 9.62 Å². The number of carbonyl (C=O) groups is 1. The first-order chi connectivity index (χ1) is 16.3. The van der Waals surface area contributed by atoms with Crippen LogP contribution in [0.1, 0.15) is 16.1 Å². The lowest BCUT2D eigenvalue weighted by Gasteiger charge is -2.20. The molecule has 0 fully saturated rings. The van der Waals surface area contributed by atoms with Crippen LogP contribution in [-0.4, -0.2) is 26.4 Å². The van der Waals surface area contributed by atoms with Crippen LogP contribution in [0.3, 0.4) is 0 Å². The number of thiazole rings is 1. The number of esters is 1. The number of halogens is 1. The highest BCUT2D eigenvalue weighted by Crippen LogP contribution is 2.27. The summed E-state index contributed by atoms with van der Waals surface area (Å²) in [6.45, 7) is -0.0803. The number of carbonyl (C=O) groups excluding carboxylic acids is 1. The monoisotopic (exact) mass is 513 g/mol. The van der Waals surface area contributed by atoms with Crippen LogP contribution in [0.25, 0.3) is 0 Å². The summed E-state index contributed by atoms with van der Waals surface area (Å²) < 4.78 is 32.6. The zero-order valence-electron chi connectivity index (χ0n) is 18.0. The molecule has 0 radical (unpaired) electrons. The predicted octanol–water partition coefficient (Wildman–Crippen LogP) is 5.72. The number of nitrogens with zero attached hydrogens (tertiary/aromatic N) is 2. The number of aromatic nitrogens is 1. The third-order valence-corrected chi connectivity index (χ3v) is 7.78. The van der Waals surface area contributed by atoms with Gasteiger partial charge in [0, 0.05) is 18.1 Å². The minimum atomic E-state index is -3.91. The molecule has 0 saturated heterocycles. The molecule has 0 unspecified atom stereocenters. The number of nitrogens with one attached hydrogen (secondary N) is 1. The Hall–Kier alpha value is -3.40. The molecular formula is C24H20ClN3O4S2. The summed E-state index contributed by atoms with van der Waals surface area (Å²) >= 11 is 7.56. The van der Waals surface area contributed by atoms with E-state index in [1.807, 2.05) is 30.3 Å².